The summed E-state index contributed by atoms with van der Waals surface area (Å²) in [5, 5.41) is 17.4. The summed E-state index contributed by atoms with van der Waals surface area (Å²) >= 11 is 1.54. The van der Waals surface area contributed by atoms with Crippen molar-refractivity contribution >= 4 is 41.4 Å². The summed E-state index contributed by atoms with van der Waals surface area (Å²) in [6, 6.07) is -4.11. The molecule has 1 aromatic rings. The van der Waals surface area contributed by atoms with Crippen molar-refractivity contribution in [2.45, 2.75) is 70.1 Å². The molecule has 38 heavy (non-hydrogen) atoms. The number of thioether (sulfide) groups is 1. The maximum absolute atomic E-state index is 13.3. The van der Waals surface area contributed by atoms with Crippen LogP contribution in [-0.4, -0.2) is 87.4 Å². The standard InChI is InChI=1S/C23H41N9O5S/c1-13(2)9-18(22(36)37)32-21(35)17(10-14-11-27-12-29-14)31-20(34)16(5-4-7-28-23(25)26)30-19(33)15(24)6-8-38-3/h11-13,15-18H,4-10,24H2,1-3H3,(H,27,29)(H,30,33)(H,31,34)(H,32,35)(H,36,37)(H4,25,26,28). The Balaban J connectivity index is 3.08. The van der Waals surface area contributed by atoms with Gasteiger partial charge in [0.05, 0.1) is 12.4 Å². The molecule has 3 amide bonds. The molecule has 0 aliphatic heterocycles. The number of amides is 3. The molecule has 4 unspecified atom stereocenters. The van der Waals surface area contributed by atoms with Gasteiger partial charge in [0.2, 0.25) is 17.7 Å². The van der Waals surface area contributed by atoms with Gasteiger partial charge in [-0.1, -0.05) is 13.8 Å². The second kappa shape index (κ2) is 17.2. The van der Waals surface area contributed by atoms with E-state index in [9.17, 15) is 24.3 Å². The average molecular weight is 556 g/mol. The number of aliphatic imine (C=N–C) groups is 1. The predicted octanol–water partition coefficient (Wildman–Crippen LogP) is -1.33. The summed E-state index contributed by atoms with van der Waals surface area (Å²) in [6.07, 6.45) is 6.01. The first-order valence-electron chi connectivity index (χ1n) is 12.4. The smallest absolute Gasteiger partial charge is 0.326 e. The van der Waals surface area contributed by atoms with Crippen LogP contribution in [0.4, 0.5) is 0 Å². The Bertz CT molecular complexity index is 922. The molecule has 0 radical (unpaired) electrons. The lowest BCUT2D eigenvalue weighted by Crippen LogP contribution is -2.57. The Morgan fingerprint density at radius 3 is 2.24 bits per heavy atom. The first-order chi connectivity index (χ1) is 17.9. The van der Waals surface area contributed by atoms with Crippen molar-refractivity contribution < 1.29 is 24.3 Å². The molecular weight excluding hydrogens is 514 g/mol. The van der Waals surface area contributed by atoms with Crippen molar-refractivity contribution in [3.63, 3.8) is 0 Å². The molecule has 14 nitrogen and oxygen atoms in total. The number of aliphatic carboxylic acids is 1. The van der Waals surface area contributed by atoms with Crippen molar-refractivity contribution in [2.75, 3.05) is 18.6 Å². The molecule has 0 saturated carbocycles. The lowest BCUT2D eigenvalue weighted by atomic mass is 10.0. The van der Waals surface area contributed by atoms with Gasteiger partial charge in [-0.2, -0.15) is 11.8 Å². The van der Waals surface area contributed by atoms with E-state index in [-0.39, 0.29) is 37.7 Å². The Labute approximate surface area is 226 Å². The van der Waals surface area contributed by atoms with Crippen LogP contribution in [0, 0.1) is 5.92 Å². The first-order valence-corrected chi connectivity index (χ1v) is 13.7. The SMILES string of the molecule is CSCCC(N)C(=O)NC(CCCN=C(N)N)C(=O)NC(Cc1cnc[nH]1)C(=O)NC(CC(C)C)C(=O)O. The van der Waals surface area contributed by atoms with Crippen LogP contribution >= 0.6 is 11.8 Å². The zero-order chi connectivity index (χ0) is 28.7. The number of carboxylic acid groups (broad SMARTS) is 1. The highest BCUT2D eigenvalue weighted by molar-refractivity contribution is 7.98. The molecule has 4 atom stereocenters. The number of hydrogen-bond acceptors (Lipinski definition) is 8. The fourth-order valence-electron chi connectivity index (χ4n) is 3.49. The van der Waals surface area contributed by atoms with E-state index in [1.807, 2.05) is 20.1 Å². The number of guanidine groups is 1. The van der Waals surface area contributed by atoms with Crippen molar-refractivity contribution in [1.82, 2.24) is 25.9 Å². The number of rotatable bonds is 18. The van der Waals surface area contributed by atoms with Gasteiger partial charge in [-0.15, -0.1) is 0 Å². The number of carbonyl (C=O) groups is 4. The third-order valence-corrected chi connectivity index (χ3v) is 6.13. The number of aromatic amines is 1. The van der Waals surface area contributed by atoms with Gasteiger partial charge >= 0.3 is 5.97 Å². The third-order valence-electron chi connectivity index (χ3n) is 5.48. The molecule has 15 heteroatoms. The lowest BCUT2D eigenvalue weighted by molar-refractivity contribution is -0.142. The van der Waals surface area contributed by atoms with E-state index in [1.165, 1.54) is 12.5 Å². The normalized spacial score (nSPS) is 14.1. The number of nitrogens with zero attached hydrogens (tertiary/aromatic N) is 2. The summed E-state index contributed by atoms with van der Waals surface area (Å²) in [5.74, 6) is -2.40. The first kappa shape index (κ1) is 32.7. The van der Waals surface area contributed by atoms with Gasteiger partial charge in [0, 0.05) is 24.9 Å². The summed E-state index contributed by atoms with van der Waals surface area (Å²) < 4.78 is 0. The van der Waals surface area contributed by atoms with Gasteiger partial charge in [-0.3, -0.25) is 19.4 Å². The Morgan fingerprint density at radius 2 is 1.68 bits per heavy atom. The van der Waals surface area contributed by atoms with Gasteiger partial charge in [-0.05, 0) is 43.6 Å². The molecule has 11 N–H and O–H groups in total. The maximum Gasteiger partial charge on any atom is 0.326 e. The maximum atomic E-state index is 13.3. The van der Waals surface area contributed by atoms with Crippen LogP contribution in [0.15, 0.2) is 17.5 Å². The Morgan fingerprint density at radius 1 is 1.05 bits per heavy atom. The van der Waals surface area contributed by atoms with Crippen LogP contribution < -0.4 is 33.2 Å². The molecule has 1 heterocycles. The molecule has 1 rings (SSSR count). The zero-order valence-electron chi connectivity index (χ0n) is 22.1. The molecule has 0 fully saturated rings. The molecule has 0 bridgehead atoms. The van der Waals surface area contributed by atoms with E-state index in [2.05, 4.69) is 30.9 Å². The van der Waals surface area contributed by atoms with E-state index in [0.717, 1.165) is 0 Å². The second-order valence-electron chi connectivity index (χ2n) is 9.27. The minimum Gasteiger partial charge on any atom is -0.480 e. The topological polar surface area (TPSA) is 244 Å². The Hall–Kier alpha value is -3.33. The van der Waals surface area contributed by atoms with E-state index in [1.54, 1.807) is 11.8 Å². The van der Waals surface area contributed by atoms with Crippen LogP contribution in [0.2, 0.25) is 0 Å². The van der Waals surface area contributed by atoms with Gasteiger partial charge in [-0.25, -0.2) is 9.78 Å². The van der Waals surface area contributed by atoms with Crippen molar-refractivity contribution in [2.24, 2.45) is 28.1 Å². The molecular formula is C23H41N9O5S. The fourth-order valence-corrected chi connectivity index (χ4v) is 3.98. The van der Waals surface area contributed by atoms with E-state index in [0.29, 0.717) is 24.3 Å². The number of nitrogens with one attached hydrogen (secondary N) is 4. The molecule has 0 aliphatic carbocycles. The second-order valence-corrected chi connectivity index (χ2v) is 10.3. The fraction of sp³-hybridized carbons (Fsp3) is 0.652. The van der Waals surface area contributed by atoms with Gasteiger partial charge in [0.15, 0.2) is 5.96 Å². The molecule has 0 spiro atoms. The van der Waals surface area contributed by atoms with E-state index < -0.39 is 47.9 Å². The molecule has 0 aliphatic rings. The van der Waals surface area contributed by atoms with Crippen molar-refractivity contribution in [3.8, 4) is 0 Å². The number of aromatic nitrogens is 2. The summed E-state index contributed by atoms with van der Waals surface area (Å²) in [4.78, 5) is 61.5. The number of hydrogen-bond donors (Lipinski definition) is 8. The highest BCUT2D eigenvalue weighted by Gasteiger charge is 2.31. The minimum atomic E-state index is -1.18. The van der Waals surface area contributed by atoms with Crippen LogP contribution in [0.3, 0.4) is 0 Å². The van der Waals surface area contributed by atoms with E-state index >= 15 is 0 Å². The number of carbonyl (C=O) groups excluding carboxylic acids is 3. The zero-order valence-corrected chi connectivity index (χ0v) is 22.9. The highest BCUT2D eigenvalue weighted by Crippen LogP contribution is 2.08. The van der Waals surface area contributed by atoms with Crippen LogP contribution in [-0.2, 0) is 25.6 Å². The average Bonchev–Trinajstić information content (AvgIpc) is 3.35. The number of imidazole rings is 1. The minimum absolute atomic E-state index is 0.0113. The number of carboxylic acids is 1. The largest absolute Gasteiger partial charge is 0.480 e. The third kappa shape index (κ3) is 12.8. The quantitative estimate of drug-likeness (QED) is 0.0602. The number of H-pyrrole nitrogens is 1. The monoisotopic (exact) mass is 555 g/mol. The summed E-state index contributed by atoms with van der Waals surface area (Å²) in [6.45, 7) is 3.91. The summed E-state index contributed by atoms with van der Waals surface area (Å²) in [5.41, 5.74) is 17.2. The van der Waals surface area contributed by atoms with E-state index in [4.69, 9.17) is 17.2 Å². The molecule has 0 aromatic carbocycles. The van der Waals surface area contributed by atoms with Crippen LogP contribution in [0.25, 0.3) is 0 Å². The van der Waals surface area contributed by atoms with Crippen molar-refractivity contribution in [1.29, 1.82) is 0 Å². The van der Waals surface area contributed by atoms with Crippen LogP contribution in [0.1, 0.15) is 45.2 Å². The Kier molecular flexibility index (Phi) is 14.8. The predicted molar refractivity (Wildman–Crippen MR) is 146 cm³/mol. The lowest BCUT2D eigenvalue weighted by Gasteiger charge is -2.25. The van der Waals surface area contributed by atoms with Crippen LogP contribution in [0.5, 0.6) is 0 Å². The van der Waals surface area contributed by atoms with Crippen molar-refractivity contribution in [3.05, 3.63) is 18.2 Å². The molecule has 1 aromatic heterocycles. The highest BCUT2D eigenvalue weighted by atomic mass is 32.2. The number of nitrogens with two attached hydrogens (primary N) is 3. The summed E-state index contributed by atoms with van der Waals surface area (Å²) in [7, 11) is 0. The molecule has 214 valence electrons. The van der Waals surface area contributed by atoms with Gasteiger partial charge in [0.25, 0.3) is 0 Å². The van der Waals surface area contributed by atoms with Gasteiger partial charge in [0.1, 0.15) is 18.1 Å². The molecule has 0 saturated heterocycles. The van der Waals surface area contributed by atoms with Gasteiger partial charge < -0.3 is 43.2 Å².